The molecule has 3 aromatic rings. The lowest BCUT2D eigenvalue weighted by molar-refractivity contribution is -0.113. The molecule has 8 heteroatoms. The number of nitrogens with one attached hydrogen (secondary N) is 1. The summed E-state index contributed by atoms with van der Waals surface area (Å²) in [7, 11) is 0. The maximum absolute atomic E-state index is 12.1. The highest BCUT2D eigenvalue weighted by atomic mass is 32.2. The molecule has 0 saturated carbocycles. The summed E-state index contributed by atoms with van der Waals surface area (Å²) in [4.78, 5) is 12.1. The van der Waals surface area contributed by atoms with Crippen LogP contribution in [0.2, 0.25) is 0 Å². The number of para-hydroxylation sites is 1. The number of thioether (sulfide) groups is 1. The number of nitrogens with zero attached hydrogens (tertiary/aromatic N) is 5. The minimum Gasteiger partial charge on any atom is -0.325 e. The zero-order chi connectivity index (χ0) is 17.6. The Morgan fingerprint density at radius 2 is 2.12 bits per heavy atom. The number of rotatable bonds is 5. The van der Waals surface area contributed by atoms with Crippen molar-refractivity contribution in [2.24, 2.45) is 0 Å². The number of amides is 1. The van der Waals surface area contributed by atoms with Crippen molar-refractivity contribution in [3.8, 4) is 11.8 Å². The van der Waals surface area contributed by atoms with E-state index in [0.29, 0.717) is 16.4 Å². The van der Waals surface area contributed by atoms with Crippen LogP contribution in [0.25, 0.3) is 5.69 Å². The molecule has 25 heavy (non-hydrogen) atoms. The van der Waals surface area contributed by atoms with E-state index in [1.165, 1.54) is 11.8 Å². The van der Waals surface area contributed by atoms with Crippen molar-refractivity contribution in [1.82, 2.24) is 20.2 Å². The van der Waals surface area contributed by atoms with Crippen LogP contribution in [-0.2, 0) is 4.79 Å². The fourth-order valence-corrected chi connectivity index (χ4v) is 2.90. The summed E-state index contributed by atoms with van der Waals surface area (Å²) >= 11 is 1.24. The zero-order valence-electron chi connectivity index (χ0n) is 13.4. The van der Waals surface area contributed by atoms with Gasteiger partial charge in [0.1, 0.15) is 0 Å². The monoisotopic (exact) mass is 350 g/mol. The Labute approximate surface area is 148 Å². The van der Waals surface area contributed by atoms with Gasteiger partial charge < -0.3 is 5.32 Å². The fourth-order valence-electron chi connectivity index (χ4n) is 2.21. The van der Waals surface area contributed by atoms with Crippen molar-refractivity contribution in [3.63, 3.8) is 0 Å². The first-order chi connectivity index (χ1) is 12.2. The van der Waals surface area contributed by atoms with Crippen LogP contribution in [-0.4, -0.2) is 31.9 Å². The zero-order valence-corrected chi connectivity index (χ0v) is 14.2. The molecule has 0 bridgehead atoms. The first-order valence-electron chi connectivity index (χ1n) is 7.44. The Morgan fingerprint density at radius 1 is 1.28 bits per heavy atom. The highest BCUT2D eigenvalue weighted by molar-refractivity contribution is 7.99. The van der Waals surface area contributed by atoms with Crippen LogP contribution < -0.4 is 5.32 Å². The van der Waals surface area contributed by atoms with E-state index in [-0.39, 0.29) is 11.7 Å². The second kappa shape index (κ2) is 7.59. The summed E-state index contributed by atoms with van der Waals surface area (Å²) < 4.78 is 1.61. The molecule has 0 atom stereocenters. The van der Waals surface area contributed by atoms with E-state index in [1.54, 1.807) is 28.9 Å². The normalized spacial score (nSPS) is 10.2. The minimum atomic E-state index is -0.195. The van der Waals surface area contributed by atoms with Gasteiger partial charge in [0.25, 0.3) is 0 Å². The second-order valence-corrected chi connectivity index (χ2v) is 6.13. The first kappa shape index (κ1) is 16.7. The summed E-state index contributed by atoms with van der Waals surface area (Å²) in [5.74, 6) is -0.0392. The predicted molar refractivity (Wildman–Crippen MR) is 94.4 cm³/mol. The molecule has 2 aromatic carbocycles. The minimum absolute atomic E-state index is 0.156. The topological polar surface area (TPSA) is 96.5 Å². The molecule has 7 nitrogen and oxygen atoms in total. The molecule has 0 spiro atoms. The van der Waals surface area contributed by atoms with Gasteiger partial charge in [0, 0.05) is 5.69 Å². The number of hydrogen-bond donors (Lipinski definition) is 1. The highest BCUT2D eigenvalue weighted by Gasteiger charge is 2.13. The average molecular weight is 350 g/mol. The highest BCUT2D eigenvalue weighted by Crippen LogP contribution is 2.20. The SMILES string of the molecule is Cc1ccccc1-n1nnnc1SCC(=O)Nc1cccc(C#N)c1. The molecular formula is C17H14N6OS. The molecule has 0 fully saturated rings. The van der Waals surface area contributed by atoms with Crippen LogP contribution in [0.3, 0.4) is 0 Å². The van der Waals surface area contributed by atoms with Crippen LogP contribution in [0.4, 0.5) is 5.69 Å². The van der Waals surface area contributed by atoms with Crippen LogP contribution in [0.15, 0.2) is 53.7 Å². The van der Waals surface area contributed by atoms with Gasteiger partial charge in [0.05, 0.1) is 23.1 Å². The Hall–Kier alpha value is -3.18. The van der Waals surface area contributed by atoms with E-state index < -0.39 is 0 Å². The van der Waals surface area contributed by atoms with Gasteiger partial charge in [0.2, 0.25) is 11.1 Å². The van der Waals surface area contributed by atoms with Gasteiger partial charge in [-0.25, -0.2) is 0 Å². The van der Waals surface area contributed by atoms with Gasteiger partial charge in [-0.1, -0.05) is 36.0 Å². The summed E-state index contributed by atoms with van der Waals surface area (Å²) in [6.07, 6.45) is 0. The number of carbonyl (C=O) groups excluding carboxylic acids is 1. The van der Waals surface area contributed by atoms with Crippen molar-refractivity contribution in [2.45, 2.75) is 12.1 Å². The van der Waals surface area contributed by atoms with Gasteiger partial charge in [-0.2, -0.15) is 9.94 Å². The summed E-state index contributed by atoms with van der Waals surface area (Å²) in [5.41, 5.74) is 2.99. The first-order valence-corrected chi connectivity index (χ1v) is 8.43. The third kappa shape index (κ3) is 4.02. The number of benzene rings is 2. The lowest BCUT2D eigenvalue weighted by Gasteiger charge is -2.07. The fraction of sp³-hybridized carbons (Fsp3) is 0.118. The van der Waals surface area contributed by atoms with Crippen molar-refractivity contribution < 1.29 is 4.79 Å². The molecule has 1 N–H and O–H groups in total. The third-order valence-electron chi connectivity index (χ3n) is 3.39. The van der Waals surface area contributed by atoms with Crippen molar-refractivity contribution in [1.29, 1.82) is 5.26 Å². The van der Waals surface area contributed by atoms with E-state index >= 15 is 0 Å². The molecule has 0 unspecified atom stereocenters. The van der Waals surface area contributed by atoms with E-state index in [4.69, 9.17) is 5.26 Å². The molecule has 0 radical (unpaired) electrons. The molecule has 1 amide bonds. The maximum atomic E-state index is 12.1. The lowest BCUT2D eigenvalue weighted by Crippen LogP contribution is -2.14. The number of anilines is 1. The molecular weight excluding hydrogens is 336 g/mol. The van der Waals surface area contributed by atoms with Crippen molar-refractivity contribution in [2.75, 3.05) is 11.1 Å². The van der Waals surface area contributed by atoms with E-state index in [1.807, 2.05) is 37.3 Å². The number of aromatic nitrogens is 4. The summed E-state index contributed by atoms with van der Waals surface area (Å²) in [6, 6.07) is 16.6. The van der Waals surface area contributed by atoms with Gasteiger partial charge in [-0.05, 0) is 47.2 Å². The Balaban J connectivity index is 1.67. The lowest BCUT2D eigenvalue weighted by atomic mass is 10.2. The molecule has 124 valence electrons. The van der Waals surface area contributed by atoms with Gasteiger partial charge in [-0.3, -0.25) is 4.79 Å². The predicted octanol–water partition coefficient (Wildman–Crippen LogP) is 2.57. The second-order valence-electron chi connectivity index (χ2n) is 5.19. The summed E-state index contributed by atoms with van der Waals surface area (Å²) in [6.45, 7) is 1.97. The molecule has 1 heterocycles. The Kier molecular flexibility index (Phi) is 5.06. The third-order valence-corrected chi connectivity index (χ3v) is 4.31. The van der Waals surface area contributed by atoms with E-state index in [9.17, 15) is 4.79 Å². The maximum Gasteiger partial charge on any atom is 0.234 e. The van der Waals surface area contributed by atoms with E-state index in [0.717, 1.165) is 11.3 Å². The van der Waals surface area contributed by atoms with Crippen LogP contribution in [0.1, 0.15) is 11.1 Å². The largest absolute Gasteiger partial charge is 0.325 e. The number of aryl methyl sites for hydroxylation is 1. The van der Waals surface area contributed by atoms with E-state index in [2.05, 4.69) is 20.8 Å². The van der Waals surface area contributed by atoms with Gasteiger partial charge >= 0.3 is 0 Å². The van der Waals surface area contributed by atoms with Gasteiger partial charge in [0.15, 0.2) is 0 Å². The standard InChI is InChI=1S/C17H14N6OS/c1-12-5-2-3-8-15(12)23-17(20-21-22-23)25-11-16(24)19-14-7-4-6-13(9-14)10-18/h2-9H,11H2,1H3,(H,19,24). The van der Waals surface area contributed by atoms with Crippen LogP contribution in [0.5, 0.6) is 0 Å². The molecule has 1 aromatic heterocycles. The molecule has 0 aliphatic carbocycles. The van der Waals surface area contributed by atoms with Crippen LogP contribution >= 0.6 is 11.8 Å². The van der Waals surface area contributed by atoms with Crippen molar-refractivity contribution in [3.05, 3.63) is 59.7 Å². The van der Waals surface area contributed by atoms with Crippen molar-refractivity contribution >= 4 is 23.4 Å². The van der Waals surface area contributed by atoms with Crippen LogP contribution in [0, 0.1) is 18.3 Å². The quantitative estimate of drug-likeness (QED) is 0.711. The average Bonchev–Trinajstić information content (AvgIpc) is 3.09. The number of carbonyl (C=O) groups is 1. The number of nitriles is 1. The van der Waals surface area contributed by atoms with Gasteiger partial charge in [-0.15, -0.1) is 5.10 Å². The number of tetrazole rings is 1. The Bertz CT molecular complexity index is 946. The molecule has 3 rings (SSSR count). The molecule has 0 aliphatic rings. The smallest absolute Gasteiger partial charge is 0.234 e. The molecule has 0 saturated heterocycles. The summed E-state index contributed by atoms with van der Waals surface area (Å²) in [5, 5.41) is 23.9. The molecule has 0 aliphatic heterocycles. The number of hydrogen-bond acceptors (Lipinski definition) is 6. The Morgan fingerprint density at radius 3 is 2.92 bits per heavy atom.